The molecule has 0 saturated heterocycles. The molecular weight excluding hydrogens is 307 g/mol. The second kappa shape index (κ2) is 7.77. The van der Waals surface area contributed by atoms with E-state index in [1.165, 1.54) is 4.90 Å². The van der Waals surface area contributed by atoms with Crippen LogP contribution in [0.5, 0.6) is 0 Å². The average Bonchev–Trinajstić information content (AvgIpc) is 2.52. The van der Waals surface area contributed by atoms with E-state index in [0.717, 1.165) is 16.3 Å². The smallest absolute Gasteiger partial charge is 0.390 e. The molecule has 2 N–H and O–H groups in total. The summed E-state index contributed by atoms with van der Waals surface area (Å²) in [5, 5.41) is 20.5. The molecule has 2 aromatic carbocycles. The molecule has 0 aromatic heterocycles. The van der Waals surface area contributed by atoms with E-state index in [9.17, 15) is 18.3 Å². The molecule has 23 heavy (non-hydrogen) atoms. The second-order valence-corrected chi connectivity index (χ2v) is 5.57. The predicted molar refractivity (Wildman–Crippen MR) is 83.0 cm³/mol. The third-order valence-electron chi connectivity index (χ3n) is 3.67. The minimum atomic E-state index is -4.25. The maximum absolute atomic E-state index is 12.5. The Morgan fingerprint density at radius 3 is 2.43 bits per heavy atom. The zero-order valence-corrected chi connectivity index (χ0v) is 12.6. The zero-order valence-electron chi connectivity index (χ0n) is 12.6. The molecule has 1 atom stereocenters. The van der Waals surface area contributed by atoms with Crippen molar-refractivity contribution in [1.29, 1.82) is 0 Å². The molecular formula is C17H20F3NO2. The molecule has 0 spiro atoms. The van der Waals surface area contributed by atoms with Crippen LogP contribution in [0.1, 0.15) is 12.0 Å². The van der Waals surface area contributed by atoms with Crippen molar-refractivity contribution in [3.63, 3.8) is 0 Å². The Morgan fingerprint density at radius 2 is 1.74 bits per heavy atom. The fourth-order valence-electron chi connectivity index (χ4n) is 2.55. The first-order valence-electron chi connectivity index (χ1n) is 7.44. The molecule has 6 heteroatoms. The van der Waals surface area contributed by atoms with E-state index in [1.54, 1.807) is 0 Å². The van der Waals surface area contributed by atoms with Crippen molar-refractivity contribution in [2.24, 2.45) is 0 Å². The quantitative estimate of drug-likeness (QED) is 0.822. The van der Waals surface area contributed by atoms with Gasteiger partial charge in [0.25, 0.3) is 0 Å². The second-order valence-electron chi connectivity index (χ2n) is 5.57. The first kappa shape index (κ1) is 17.7. The SMILES string of the molecule is OC[C@@H](O)CN(CCC(F)(F)F)Cc1cccc2ccccc12. The molecule has 0 aliphatic carbocycles. The van der Waals surface area contributed by atoms with Crippen LogP contribution in [0, 0.1) is 0 Å². The first-order valence-corrected chi connectivity index (χ1v) is 7.44. The van der Waals surface area contributed by atoms with Crippen molar-refractivity contribution in [1.82, 2.24) is 4.90 Å². The molecule has 2 rings (SSSR count). The Kier molecular flexibility index (Phi) is 5.98. The van der Waals surface area contributed by atoms with Gasteiger partial charge in [-0.1, -0.05) is 42.5 Å². The van der Waals surface area contributed by atoms with Crippen LogP contribution in [0.25, 0.3) is 10.8 Å². The molecule has 2 aromatic rings. The summed E-state index contributed by atoms with van der Waals surface area (Å²) < 4.78 is 37.5. The van der Waals surface area contributed by atoms with Crippen molar-refractivity contribution in [3.8, 4) is 0 Å². The minimum Gasteiger partial charge on any atom is -0.394 e. The van der Waals surface area contributed by atoms with Crippen LogP contribution in [0.3, 0.4) is 0 Å². The van der Waals surface area contributed by atoms with Crippen molar-refractivity contribution in [2.45, 2.75) is 25.2 Å². The van der Waals surface area contributed by atoms with Gasteiger partial charge in [-0.25, -0.2) is 0 Å². The number of hydrogen-bond donors (Lipinski definition) is 2. The van der Waals surface area contributed by atoms with Crippen molar-refractivity contribution >= 4 is 10.8 Å². The Balaban J connectivity index is 2.17. The lowest BCUT2D eigenvalue weighted by Crippen LogP contribution is -2.36. The molecule has 126 valence electrons. The minimum absolute atomic E-state index is 0.00417. The maximum Gasteiger partial charge on any atom is 0.390 e. The molecule has 0 fully saturated rings. The summed E-state index contributed by atoms with van der Waals surface area (Å²) >= 11 is 0. The van der Waals surface area contributed by atoms with E-state index >= 15 is 0 Å². The Labute approximate surface area is 133 Å². The molecule has 0 saturated carbocycles. The summed E-state index contributed by atoms with van der Waals surface area (Å²) in [5.41, 5.74) is 0.899. The summed E-state index contributed by atoms with van der Waals surface area (Å²) in [6, 6.07) is 13.3. The van der Waals surface area contributed by atoms with Gasteiger partial charge in [-0.2, -0.15) is 13.2 Å². The van der Waals surface area contributed by atoms with Crippen molar-refractivity contribution in [3.05, 3.63) is 48.0 Å². The summed E-state index contributed by atoms with van der Waals surface area (Å²) in [6.07, 6.45) is -6.25. The van der Waals surface area contributed by atoms with E-state index in [4.69, 9.17) is 5.11 Å². The molecule has 0 radical (unpaired) electrons. The fraction of sp³-hybridized carbons (Fsp3) is 0.412. The highest BCUT2D eigenvalue weighted by atomic mass is 19.4. The van der Waals surface area contributed by atoms with E-state index in [2.05, 4.69) is 0 Å². The molecule has 0 bridgehead atoms. The number of aliphatic hydroxyl groups is 2. The van der Waals surface area contributed by atoms with E-state index < -0.39 is 25.3 Å². The van der Waals surface area contributed by atoms with E-state index in [1.807, 2.05) is 42.5 Å². The third-order valence-corrected chi connectivity index (χ3v) is 3.67. The Hall–Kier alpha value is -1.63. The largest absolute Gasteiger partial charge is 0.394 e. The maximum atomic E-state index is 12.5. The van der Waals surface area contributed by atoms with Crippen LogP contribution in [0.2, 0.25) is 0 Å². The van der Waals surface area contributed by atoms with Gasteiger partial charge in [0.2, 0.25) is 0 Å². The highest BCUT2D eigenvalue weighted by Crippen LogP contribution is 2.23. The average molecular weight is 327 g/mol. The number of fused-ring (bicyclic) bond motifs is 1. The number of hydrogen-bond acceptors (Lipinski definition) is 3. The number of aliphatic hydroxyl groups excluding tert-OH is 2. The van der Waals surface area contributed by atoms with Crippen LogP contribution >= 0.6 is 0 Å². The highest BCUT2D eigenvalue weighted by molar-refractivity contribution is 5.85. The summed E-state index contributed by atoms with van der Waals surface area (Å²) in [5.74, 6) is 0. The van der Waals surface area contributed by atoms with Gasteiger partial charge in [0.15, 0.2) is 0 Å². The lowest BCUT2D eigenvalue weighted by molar-refractivity contribution is -0.139. The van der Waals surface area contributed by atoms with Gasteiger partial charge in [0.1, 0.15) is 0 Å². The van der Waals surface area contributed by atoms with Crippen LogP contribution in [0.15, 0.2) is 42.5 Å². The highest BCUT2D eigenvalue weighted by Gasteiger charge is 2.28. The lowest BCUT2D eigenvalue weighted by Gasteiger charge is -2.25. The van der Waals surface area contributed by atoms with Crippen molar-refractivity contribution in [2.75, 3.05) is 19.7 Å². The summed E-state index contributed by atoms with van der Waals surface area (Å²) in [7, 11) is 0. The Bertz CT molecular complexity index is 625. The number of rotatable bonds is 7. The fourth-order valence-corrected chi connectivity index (χ4v) is 2.55. The molecule has 3 nitrogen and oxygen atoms in total. The van der Waals surface area contributed by atoms with Gasteiger partial charge in [0.05, 0.1) is 19.1 Å². The summed E-state index contributed by atoms with van der Waals surface area (Å²) in [4.78, 5) is 1.52. The Morgan fingerprint density at radius 1 is 1.04 bits per heavy atom. The lowest BCUT2D eigenvalue weighted by atomic mass is 10.0. The van der Waals surface area contributed by atoms with Crippen LogP contribution < -0.4 is 0 Å². The molecule has 0 heterocycles. The number of nitrogens with zero attached hydrogens (tertiary/aromatic N) is 1. The van der Waals surface area contributed by atoms with Crippen LogP contribution in [-0.2, 0) is 6.54 Å². The predicted octanol–water partition coefficient (Wildman–Crippen LogP) is 2.95. The zero-order chi connectivity index (χ0) is 16.9. The summed E-state index contributed by atoms with van der Waals surface area (Å²) in [6.45, 7) is -0.411. The number of alkyl halides is 3. The standard InChI is InChI=1S/C17H20F3NO2/c18-17(19,20)8-9-21(11-15(23)12-22)10-14-6-3-5-13-4-1-2-7-16(13)14/h1-7,15,22-23H,8-12H2/t15-/m0/s1. The van der Waals surface area contributed by atoms with Gasteiger partial charge in [0, 0.05) is 19.6 Å². The van der Waals surface area contributed by atoms with Crippen molar-refractivity contribution < 1.29 is 23.4 Å². The van der Waals surface area contributed by atoms with Gasteiger partial charge >= 0.3 is 6.18 Å². The molecule has 0 aliphatic heterocycles. The van der Waals surface area contributed by atoms with Crippen LogP contribution in [0.4, 0.5) is 13.2 Å². The first-order chi connectivity index (χ1) is 10.9. The van der Waals surface area contributed by atoms with Gasteiger partial charge in [-0.15, -0.1) is 0 Å². The van der Waals surface area contributed by atoms with E-state index in [-0.39, 0.29) is 19.6 Å². The van der Waals surface area contributed by atoms with Gasteiger partial charge in [-0.3, -0.25) is 4.90 Å². The van der Waals surface area contributed by atoms with Gasteiger partial charge < -0.3 is 10.2 Å². The van der Waals surface area contributed by atoms with Crippen LogP contribution in [-0.4, -0.2) is 47.1 Å². The number of halogens is 3. The monoisotopic (exact) mass is 327 g/mol. The molecule has 0 amide bonds. The van der Waals surface area contributed by atoms with Gasteiger partial charge in [-0.05, 0) is 16.3 Å². The molecule has 0 aliphatic rings. The van der Waals surface area contributed by atoms with E-state index in [0.29, 0.717) is 0 Å². The third kappa shape index (κ3) is 5.49. The normalized spacial score (nSPS) is 13.7. The number of benzene rings is 2. The molecule has 0 unspecified atom stereocenters. The topological polar surface area (TPSA) is 43.7 Å².